The van der Waals surface area contributed by atoms with Crippen molar-refractivity contribution in [1.29, 1.82) is 5.41 Å². The zero-order valence-electron chi connectivity index (χ0n) is 9.30. The largest absolute Gasteiger partial charge is 0.388 e. The number of hydrogen-bond acceptors (Lipinski definition) is 3. The molecule has 14 heavy (non-hydrogen) atoms. The molecule has 0 atom stereocenters. The summed E-state index contributed by atoms with van der Waals surface area (Å²) in [4.78, 5) is 0. The van der Waals surface area contributed by atoms with E-state index in [1.165, 1.54) is 0 Å². The molecule has 0 unspecified atom stereocenters. The molecule has 0 bridgehead atoms. The summed E-state index contributed by atoms with van der Waals surface area (Å²) in [6.45, 7) is 5.96. The first kappa shape index (κ1) is 13.6. The maximum atomic E-state index is 9.99. The zero-order valence-corrected chi connectivity index (χ0v) is 10.3. The molecule has 0 aliphatic carbocycles. The number of aliphatic hydroxyl groups is 2. The van der Waals surface area contributed by atoms with Crippen molar-refractivity contribution in [2.24, 2.45) is 5.73 Å². The molecule has 0 aliphatic rings. The maximum Gasteiger partial charge on any atom is 0.152 e. The van der Waals surface area contributed by atoms with Crippen LogP contribution < -0.4 is 5.73 Å². The van der Waals surface area contributed by atoms with Crippen LogP contribution in [0.3, 0.4) is 0 Å². The first-order valence-electron chi connectivity index (χ1n) is 5.12. The predicted octanol–water partition coefficient (Wildman–Crippen LogP) is 1.04. The van der Waals surface area contributed by atoms with E-state index < -0.39 is 13.5 Å². The molecule has 0 aromatic rings. The quantitative estimate of drug-likeness (QED) is 0.232. The van der Waals surface area contributed by atoms with Crippen molar-refractivity contribution in [1.82, 2.24) is 0 Å². The molecule has 0 saturated heterocycles. The van der Waals surface area contributed by atoms with Crippen molar-refractivity contribution in [3.05, 3.63) is 0 Å². The standard InChI is InChI=1S/C9H22N2O2Si/c1-4-14(5-2,6-3)9(12,13)7-8(10)11/h12-13H,4-7H2,1-3H3,(H3,10,11). The molecular weight excluding hydrogens is 196 g/mol. The third-order valence-corrected chi connectivity index (χ3v) is 9.25. The van der Waals surface area contributed by atoms with Crippen LogP contribution >= 0.6 is 0 Å². The minimum absolute atomic E-state index is 0.116. The fourth-order valence-electron chi connectivity index (χ4n) is 2.05. The molecule has 0 heterocycles. The highest BCUT2D eigenvalue weighted by Gasteiger charge is 2.47. The Kier molecular flexibility index (Phi) is 4.77. The Bertz CT molecular complexity index is 195. The van der Waals surface area contributed by atoms with Gasteiger partial charge in [0.1, 0.15) is 8.07 Å². The van der Waals surface area contributed by atoms with Gasteiger partial charge in [0.15, 0.2) is 5.41 Å². The van der Waals surface area contributed by atoms with Crippen LogP contribution in [0.4, 0.5) is 0 Å². The van der Waals surface area contributed by atoms with E-state index in [-0.39, 0.29) is 12.3 Å². The molecular formula is C9H22N2O2Si. The Morgan fingerprint density at radius 1 is 1.21 bits per heavy atom. The van der Waals surface area contributed by atoms with Gasteiger partial charge in [-0.2, -0.15) is 0 Å². The summed E-state index contributed by atoms with van der Waals surface area (Å²) in [6, 6.07) is 2.42. The van der Waals surface area contributed by atoms with E-state index in [1.54, 1.807) is 0 Å². The first-order valence-corrected chi connectivity index (χ1v) is 7.75. The SMILES string of the molecule is CC[Si](CC)(CC)C(O)(O)CC(=N)N. The molecule has 0 aromatic heterocycles. The van der Waals surface area contributed by atoms with Crippen LogP contribution in [0.2, 0.25) is 18.1 Å². The Morgan fingerprint density at radius 2 is 1.57 bits per heavy atom. The smallest absolute Gasteiger partial charge is 0.152 e. The number of hydrogen-bond donors (Lipinski definition) is 4. The van der Waals surface area contributed by atoms with Crippen LogP contribution in [-0.4, -0.2) is 29.5 Å². The Labute approximate surface area is 86.7 Å². The van der Waals surface area contributed by atoms with Gasteiger partial charge in [-0.15, -0.1) is 0 Å². The van der Waals surface area contributed by atoms with Gasteiger partial charge < -0.3 is 15.9 Å². The Hall–Kier alpha value is -0.393. The van der Waals surface area contributed by atoms with Gasteiger partial charge in [0, 0.05) is 0 Å². The Balaban J connectivity index is 4.87. The van der Waals surface area contributed by atoms with Crippen molar-refractivity contribution < 1.29 is 10.2 Å². The number of rotatable bonds is 6. The first-order chi connectivity index (χ1) is 6.35. The molecule has 4 nitrogen and oxygen atoms in total. The van der Waals surface area contributed by atoms with Gasteiger partial charge in [0.05, 0.1) is 12.3 Å². The summed E-state index contributed by atoms with van der Waals surface area (Å²) in [5.41, 5.74) is 3.50. The average Bonchev–Trinajstić information content (AvgIpc) is 2.05. The summed E-state index contributed by atoms with van der Waals surface area (Å²) in [5.74, 6) is -0.151. The molecule has 0 aromatic carbocycles. The molecule has 84 valence electrons. The highest BCUT2D eigenvalue weighted by Crippen LogP contribution is 2.32. The second kappa shape index (κ2) is 4.91. The third kappa shape index (κ3) is 2.56. The maximum absolute atomic E-state index is 9.99. The second-order valence-corrected chi connectivity index (χ2v) is 9.34. The van der Waals surface area contributed by atoms with Gasteiger partial charge in [0.25, 0.3) is 0 Å². The van der Waals surface area contributed by atoms with Crippen LogP contribution in [0, 0.1) is 5.41 Å². The van der Waals surface area contributed by atoms with Crippen molar-refractivity contribution in [3.8, 4) is 0 Å². The summed E-state index contributed by atoms with van der Waals surface area (Å²) in [6.07, 6.45) is -0.116. The monoisotopic (exact) mass is 218 g/mol. The van der Waals surface area contributed by atoms with Crippen LogP contribution in [0.5, 0.6) is 0 Å². The predicted molar refractivity (Wildman–Crippen MR) is 60.9 cm³/mol. The fraction of sp³-hybridized carbons (Fsp3) is 0.889. The normalized spacial score (nSPS) is 12.9. The summed E-state index contributed by atoms with van der Waals surface area (Å²) in [7, 11) is -2.12. The fourth-order valence-corrected chi connectivity index (χ4v) is 5.82. The van der Waals surface area contributed by atoms with E-state index in [0.29, 0.717) is 0 Å². The van der Waals surface area contributed by atoms with Gasteiger partial charge in [-0.3, -0.25) is 5.41 Å². The van der Waals surface area contributed by atoms with E-state index in [9.17, 15) is 10.2 Å². The van der Waals surface area contributed by atoms with E-state index in [1.807, 2.05) is 20.8 Å². The zero-order chi connectivity index (χ0) is 11.4. The summed E-state index contributed by atoms with van der Waals surface area (Å²) >= 11 is 0. The molecule has 0 spiro atoms. The van der Waals surface area contributed by atoms with Crippen molar-refractivity contribution in [3.63, 3.8) is 0 Å². The topological polar surface area (TPSA) is 90.3 Å². The minimum atomic E-state index is -2.12. The van der Waals surface area contributed by atoms with Gasteiger partial charge >= 0.3 is 0 Å². The molecule has 0 fully saturated rings. The van der Waals surface area contributed by atoms with Crippen molar-refractivity contribution in [2.75, 3.05) is 0 Å². The lowest BCUT2D eigenvalue weighted by atomic mass is 10.4. The van der Waals surface area contributed by atoms with Gasteiger partial charge in [-0.05, 0) is 0 Å². The van der Waals surface area contributed by atoms with E-state index in [2.05, 4.69) is 0 Å². The highest BCUT2D eigenvalue weighted by atomic mass is 28.3. The number of amidine groups is 1. The van der Waals surface area contributed by atoms with Gasteiger partial charge in [-0.1, -0.05) is 38.9 Å². The van der Waals surface area contributed by atoms with Gasteiger partial charge in [-0.25, -0.2) is 0 Å². The van der Waals surface area contributed by atoms with Crippen LogP contribution in [0.25, 0.3) is 0 Å². The van der Waals surface area contributed by atoms with Crippen LogP contribution in [-0.2, 0) is 0 Å². The number of nitrogens with two attached hydrogens (primary N) is 1. The third-order valence-electron chi connectivity index (χ3n) is 3.32. The van der Waals surface area contributed by atoms with Gasteiger partial charge in [0.2, 0.25) is 0 Å². The second-order valence-electron chi connectivity index (χ2n) is 3.86. The van der Waals surface area contributed by atoms with Crippen molar-refractivity contribution in [2.45, 2.75) is 50.7 Å². The molecule has 5 N–H and O–H groups in total. The molecule has 0 saturated carbocycles. The highest BCUT2D eigenvalue weighted by molar-refractivity contribution is 6.82. The van der Waals surface area contributed by atoms with E-state index in [0.717, 1.165) is 18.1 Å². The molecule has 5 heteroatoms. The lowest BCUT2D eigenvalue weighted by Gasteiger charge is -2.40. The average molecular weight is 218 g/mol. The molecule has 0 radical (unpaired) electrons. The Morgan fingerprint density at radius 3 is 1.79 bits per heavy atom. The summed E-state index contributed by atoms with van der Waals surface area (Å²) in [5, 5.41) is 27.1. The molecule has 0 aliphatic heterocycles. The van der Waals surface area contributed by atoms with E-state index >= 15 is 0 Å². The number of nitrogens with one attached hydrogen (secondary N) is 1. The van der Waals surface area contributed by atoms with Crippen molar-refractivity contribution >= 4 is 13.9 Å². The van der Waals surface area contributed by atoms with E-state index in [4.69, 9.17) is 11.1 Å². The van der Waals surface area contributed by atoms with Crippen LogP contribution in [0.1, 0.15) is 27.2 Å². The summed E-state index contributed by atoms with van der Waals surface area (Å²) < 4.78 is 0. The molecule has 0 amide bonds. The molecule has 0 rings (SSSR count). The minimum Gasteiger partial charge on any atom is -0.388 e. The van der Waals surface area contributed by atoms with Crippen LogP contribution in [0.15, 0.2) is 0 Å². The lowest BCUT2D eigenvalue weighted by molar-refractivity contribution is -0.0909. The lowest BCUT2D eigenvalue weighted by Crippen LogP contribution is -2.59.